The number of hydrogen-bond acceptors (Lipinski definition) is 13. The summed E-state index contributed by atoms with van der Waals surface area (Å²) in [6.45, 7) is 13.2. The zero-order valence-electron chi connectivity index (χ0n) is 36.3. The van der Waals surface area contributed by atoms with Crippen LogP contribution in [0.2, 0.25) is 0 Å². The molecule has 0 radical (unpaired) electrons. The first-order valence-corrected chi connectivity index (χ1v) is 20.3. The van der Waals surface area contributed by atoms with E-state index in [4.69, 9.17) is 14.7 Å². The van der Waals surface area contributed by atoms with Crippen LogP contribution in [0.5, 0.6) is 0 Å². The van der Waals surface area contributed by atoms with Crippen LogP contribution in [0, 0.1) is 36.3 Å². The Hall–Kier alpha value is -7.76. The highest BCUT2D eigenvalue weighted by Gasteiger charge is 2.30. The summed E-state index contributed by atoms with van der Waals surface area (Å²) in [5, 5.41) is 15.5. The molecule has 0 fully saturated rings. The summed E-state index contributed by atoms with van der Waals surface area (Å²) in [6.07, 6.45) is 10.2. The minimum absolute atomic E-state index is 0.160. The van der Waals surface area contributed by atoms with Crippen LogP contribution < -0.4 is 10.6 Å². The molecule has 0 aliphatic heterocycles. The predicted octanol–water partition coefficient (Wildman–Crippen LogP) is 8.13. The monoisotopic (exact) mass is 868 g/mol. The number of anilines is 2. The number of carboxylic acid groups (broad SMARTS) is 1. The highest BCUT2D eigenvalue weighted by atomic mass is 19.1. The summed E-state index contributed by atoms with van der Waals surface area (Å²) in [4.78, 5) is 59.5. The van der Waals surface area contributed by atoms with Crippen LogP contribution in [0.4, 0.5) is 20.7 Å². The van der Waals surface area contributed by atoms with Gasteiger partial charge in [0.15, 0.2) is 11.3 Å². The predicted molar refractivity (Wildman–Crippen MR) is 237 cm³/mol. The molecule has 16 nitrogen and oxygen atoms in total. The number of ether oxygens (including phenoxy) is 1. The smallest absolute Gasteiger partial charge is 0.313 e. The van der Waals surface area contributed by atoms with E-state index in [0.717, 1.165) is 28.2 Å². The molecule has 0 aliphatic carbocycles. The van der Waals surface area contributed by atoms with Gasteiger partial charge in [0.25, 0.3) is 0 Å². The molecule has 8 rings (SSSR count). The quantitative estimate of drug-likeness (QED) is 0.0939. The van der Waals surface area contributed by atoms with Crippen molar-refractivity contribution in [2.75, 3.05) is 30.3 Å². The third kappa shape index (κ3) is 9.50. The molecule has 0 saturated heterocycles. The van der Waals surface area contributed by atoms with E-state index in [-0.39, 0.29) is 24.1 Å². The number of carbonyl (C=O) groups is 2. The molecule has 0 bridgehead atoms. The largest absolute Gasteiger partial charge is 0.481 e. The fourth-order valence-corrected chi connectivity index (χ4v) is 6.54. The zero-order valence-corrected chi connectivity index (χ0v) is 36.3. The van der Waals surface area contributed by atoms with E-state index in [1.807, 2.05) is 28.8 Å². The standard InChI is InChI=1S/C24H25FN6O2.C22H21FN6O2/c1-5-33-22(32)24(3,4)14-28-23-27-11-10-18(29-23)20-19(16-6-8-17(25)9-7-16)30-21-15(2)26-12-13-31(20)21;1-13-19-28-17(14-4-6-15(23)7-5-14)18(29(19)11-10-24-13)16-8-9-25-21(27-16)26-12-22(2,3)20(30)31/h6-13H,5,14H2,1-4H3,(H,27,28,29);4-11H,12H2,1-3H3,(H,30,31)(H,25,26,27). The average molecular weight is 869 g/mol. The number of fused-ring (bicyclic) bond motifs is 2. The van der Waals surface area contributed by atoms with Gasteiger partial charge in [-0.25, -0.2) is 38.7 Å². The molecule has 2 aromatic carbocycles. The van der Waals surface area contributed by atoms with Crippen molar-refractivity contribution in [1.29, 1.82) is 0 Å². The maximum atomic E-state index is 13.5. The Bertz CT molecular complexity index is 2970. The fraction of sp³-hybridized carbons (Fsp3) is 0.261. The van der Waals surface area contributed by atoms with E-state index < -0.39 is 16.8 Å². The van der Waals surface area contributed by atoms with Crippen molar-refractivity contribution in [3.8, 4) is 45.3 Å². The fourth-order valence-electron chi connectivity index (χ4n) is 6.54. The molecule has 3 N–H and O–H groups in total. The summed E-state index contributed by atoms with van der Waals surface area (Å²) in [7, 11) is 0. The molecule has 6 heterocycles. The molecule has 0 unspecified atom stereocenters. The Morgan fingerprint density at radius 1 is 0.625 bits per heavy atom. The van der Waals surface area contributed by atoms with Gasteiger partial charge in [0.1, 0.15) is 11.6 Å². The molecule has 8 aromatic rings. The Balaban J connectivity index is 0.000000192. The van der Waals surface area contributed by atoms with Crippen LogP contribution in [-0.2, 0) is 14.3 Å². The second-order valence-corrected chi connectivity index (χ2v) is 16.1. The summed E-state index contributed by atoms with van der Waals surface area (Å²) < 4.78 is 36.0. The molecular formula is C46H46F2N12O4. The van der Waals surface area contributed by atoms with Crippen LogP contribution >= 0.6 is 0 Å². The Labute approximate surface area is 366 Å². The van der Waals surface area contributed by atoms with Gasteiger partial charge in [0, 0.05) is 61.4 Å². The third-order valence-electron chi connectivity index (χ3n) is 10.3. The number of nitrogens with one attached hydrogen (secondary N) is 2. The van der Waals surface area contributed by atoms with Crippen molar-refractivity contribution in [1.82, 2.24) is 48.7 Å². The first-order chi connectivity index (χ1) is 30.6. The number of rotatable bonds is 13. The molecule has 0 atom stereocenters. The van der Waals surface area contributed by atoms with Gasteiger partial charge >= 0.3 is 11.9 Å². The number of esters is 1. The Kier molecular flexibility index (Phi) is 12.7. The van der Waals surface area contributed by atoms with Gasteiger partial charge in [-0.15, -0.1) is 0 Å². The Morgan fingerprint density at radius 3 is 1.45 bits per heavy atom. The number of aryl methyl sites for hydroxylation is 2. The molecule has 18 heteroatoms. The summed E-state index contributed by atoms with van der Waals surface area (Å²) in [5.41, 5.74) is 6.55. The SMILES string of the molecule is CCOC(=O)C(C)(C)CNc1nccc(-c2c(-c3ccc(F)cc3)nc3c(C)nccn23)n1.Cc1nccn2c(-c3ccnc(NCC(C)(C)C(=O)O)n3)c(-c3ccc(F)cc3)nc12. The lowest BCUT2D eigenvalue weighted by molar-refractivity contribution is -0.152. The van der Waals surface area contributed by atoms with Crippen LogP contribution in [0.15, 0.2) is 97.8 Å². The number of hydrogen-bond donors (Lipinski definition) is 3. The van der Waals surface area contributed by atoms with Gasteiger partial charge in [-0.2, -0.15) is 0 Å². The normalized spacial score (nSPS) is 11.6. The van der Waals surface area contributed by atoms with E-state index in [1.165, 1.54) is 24.3 Å². The second-order valence-electron chi connectivity index (χ2n) is 16.1. The van der Waals surface area contributed by atoms with Crippen LogP contribution in [0.3, 0.4) is 0 Å². The summed E-state index contributed by atoms with van der Waals surface area (Å²) in [6, 6.07) is 15.8. The molecule has 0 spiro atoms. The maximum Gasteiger partial charge on any atom is 0.313 e. The van der Waals surface area contributed by atoms with Gasteiger partial charge in [-0.3, -0.25) is 28.4 Å². The van der Waals surface area contributed by atoms with Crippen LogP contribution in [0.1, 0.15) is 46.0 Å². The highest BCUT2D eigenvalue weighted by Crippen LogP contribution is 2.34. The summed E-state index contributed by atoms with van der Waals surface area (Å²) >= 11 is 0. The van der Waals surface area contributed by atoms with Crippen molar-refractivity contribution in [3.63, 3.8) is 0 Å². The maximum absolute atomic E-state index is 13.5. The zero-order chi connectivity index (χ0) is 45.8. The number of aromatic nitrogens is 10. The van der Waals surface area contributed by atoms with Gasteiger partial charge in [-0.1, -0.05) is 0 Å². The summed E-state index contributed by atoms with van der Waals surface area (Å²) in [5.74, 6) is -1.19. The van der Waals surface area contributed by atoms with Crippen molar-refractivity contribution in [2.24, 2.45) is 10.8 Å². The van der Waals surface area contributed by atoms with E-state index in [0.29, 0.717) is 64.8 Å². The lowest BCUT2D eigenvalue weighted by Crippen LogP contribution is -2.34. The Morgan fingerprint density at radius 2 is 1.05 bits per heavy atom. The number of imidazole rings is 2. The lowest BCUT2D eigenvalue weighted by Gasteiger charge is -2.22. The molecule has 0 amide bonds. The first kappa shape index (κ1) is 44.3. The number of halogens is 2. The van der Waals surface area contributed by atoms with Crippen LogP contribution in [-0.4, -0.2) is 85.4 Å². The van der Waals surface area contributed by atoms with E-state index >= 15 is 0 Å². The lowest BCUT2D eigenvalue weighted by atomic mass is 9.94. The van der Waals surface area contributed by atoms with E-state index in [9.17, 15) is 23.5 Å². The molecular weight excluding hydrogens is 823 g/mol. The van der Waals surface area contributed by atoms with Crippen molar-refractivity contribution in [2.45, 2.75) is 48.5 Å². The molecule has 64 heavy (non-hydrogen) atoms. The van der Waals surface area contributed by atoms with Gasteiger partial charge in [0.2, 0.25) is 11.9 Å². The average Bonchev–Trinajstić information content (AvgIpc) is 3.87. The van der Waals surface area contributed by atoms with E-state index in [1.54, 1.807) is 102 Å². The number of benzene rings is 2. The number of aliphatic carboxylic acids is 1. The van der Waals surface area contributed by atoms with Gasteiger partial charge in [-0.05, 0) is 109 Å². The number of carbonyl (C=O) groups excluding carboxylic acids is 1. The second kappa shape index (κ2) is 18.3. The highest BCUT2D eigenvalue weighted by molar-refractivity contribution is 5.82. The van der Waals surface area contributed by atoms with E-state index in [2.05, 4.69) is 40.5 Å². The minimum atomic E-state index is -0.981. The van der Waals surface area contributed by atoms with Crippen molar-refractivity contribution >= 4 is 35.1 Å². The molecule has 6 aromatic heterocycles. The third-order valence-corrected chi connectivity index (χ3v) is 10.3. The first-order valence-electron chi connectivity index (χ1n) is 20.3. The minimum Gasteiger partial charge on any atom is -0.481 e. The van der Waals surface area contributed by atoms with Crippen molar-refractivity contribution in [3.05, 3.63) is 121 Å². The van der Waals surface area contributed by atoms with Crippen molar-refractivity contribution < 1.29 is 28.2 Å². The number of carboxylic acids is 1. The van der Waals surface area contributed by atoms with Gasteiger partial charge in [0.05, 0.1) is 63.0 Å². The van der Waals surface area contributed by atoms with Crippen LogP contribution in [0.25, 0.3) is 56.6 Å². The topological polar surface area (TPSA) is 200 Å². The van der Waals surface area contributed by atoms with Gasteiger partial charge < -0.3 is 20.5 Å². The molecule has 0 saturated carbocycles. The molecule has 0 aliphatic rings. The molecule has 328 valence electrons. The number of nitrogens with zero attached hydrogens (tertiary/aromatic N) is 10.